The molecule has 136 valence electrons. The van der Waals surface area contributed by atoms with Crippen LogP contribution in [0.25, 0.3) is 0 Å². The monoisotopic (exact) mass is 339 g/mol. The second-order valence-electron chi connectivity index (χ2n) is 7.88. The molecule has 2 rings (SSSR count). The number of hydrogen-bond acceptors (Lipinski definition) is 5. The van der Waals surface area contributed by atoms with E-state index in [2.05, 4.69) is 5.32 Å². The molecule has 1 N–H and O–H groups in total. The second kappa shape index (κ2) is 7.53. The van der Waals surface area contributed by atoms with E-state index in [0.29, 0.717) is 12.8 Å². The maximum Gasteiger partial charge on any atom is 0.329 e. The zero-order valence-corrected chi connectivity index (χ0v) is 15.1. The Kier molecular flexibility index (Phi) is 5.88. The third kappa shape index (κ3) is 4.28. The second-order valence-corrected chi connectivity index (χ2v) is 7.88. The Balaban J connectivity index is 1.82. The molecular formula is C18H29NO5. The van der Waals surface area contributed by atoms with Gasteiger partial charge in [-0.1, -0.05) is 34.1 Å². The number of carbonyl (C=O) groups excluding carboxylic acids is 3. The molecule has 0 radical (unpaired) electrons. The Hall–Kier alpha value is -1.59. The molecule has 1 heterocycles. The molecule has 24 heavy (non-hydrogen) atoms. The van der Waals surface area contributed by atoms with E-state index in [4.69, 9.17) is 9.47 Å². The summed E-state index contributed by atoms with van der Waals surface area (Å²) >= 11 is 0. The maximum absolute atomic E-state index is 12.3. The van der Waals surface area contributed by atoms with Gasteiger partial charge in [0.1, 0.15) is 18.8 Å². The van der Waals surface area contributed by atoms with Crippen LogP contribution in [-0.4, -0.2) is 36.6 Å². The summed E-state index contributed by atoms with van der Waals surface area (Å²) in [6.45, 7) is 7.69. The quantitative estimate of drug-likeness (QED) is 0.719. The standard InChI is InChI=1S/C18H29NO5/c1-11(2)8-14(20)19-15(12(3)4)16(21)23-10-13-9-18(6-5-7-18)17(22)24-13/h11-13,15H,5-10H2,1-4H3,(H,19,20). The highest BCUT2D eigenvalue weighted by Crippen LogP contribution is 2.50. The first-order chi connectivity index (χ1) is 11.2. The van der Waals surface area contributed by atoms with Gasteiger partial charge in [-0.2, -0.15) is 0 Å². The molecule has 1 saturated carbocycles. The first-order valence-corrected chi connectivity index (χ1v) is 8.90. The van der Waals surface area contributed by atoms with Gasteiger partial charge in [0.2, 0.25) is 5.91 Å². The van der Waals surface area contributed by atoms with Crippen LogP contribution in [0, 0.1) is 17.3 Å². The van der Waals surface area contributed by atoms with Crippen LogP contribution < -0.4 is 5.32 Å². The Morgan fingerprint density at radius 3 is 2.42 bits per heavy atom. The van der Waals surface area contributed by atoms with Crippen LogP contribution in [-0.2, 0) is 23.9 Å². The highest BCUT2D eigenvalue weighted by Gasteiger charge is 2.53. The lowest BCUT2D eigenvalue weighted by atomic mass is 9.67. The molecule has 0 aromatic heterocycles. The minimum atomic E-state index is -0.675. The first kappa shape index (κ1) is 18.7. The molecule has 2 atom stereocenters. The van der Waals surface area contributed by atoms with E-state index in [1.807, 2.05) is 27.7 Å². The summed E-state index contributed by atoms with van der Waals surface area (Å²) in [5.74, 6) is -0.613. The third-order valence-electron chi connectivity index (χ3n) is 4.88. The van der Waals surface area contributed by atoms with Crippen LogP contribution in [0.5, 0.6) is 0 Å². The van der Waals surface area contributed by atoms with Gasteiger partial charge in [-0.15, -0.1) is 0 Å². The predicted molar refractivity (Wildman–Crippen MR) is 88.0 cm³/mol. The molecule has 0 bridgehead atoms. The highest BCUT2D eigenvalue weighted by atomic mass is 16.6. The van der Waals surface area contributed by atoms with Gasteiger partial charge in [0.05, 0.1) is 5.41 Å². The van der Waals surface area contributed by atoms with Gasteiger partial charge < -0.3 is 14.8 Å². The lowest BCUT2D eigenvalue weighted by Gasteiger charge is -2.33. The average Bonchev–Trinajstić information content (AvgIpc) is 2.78. The summed E-state index contributed by atoms with van der Waals surface area (Å²) in [5.41, 5.74) is -0.319. The van der Waals surface area contributed by atoms with Crippen molar-refractivity contribution < 1.29 is 23.9 Å². The van der Waals surface area contributed by atoms with E-state index in [0.717, 1.165) is 19.3 Å². The van der Waals surface area contributed by atoms with Crippen molar-refractivity contribution in [2.75, 3.05) is 6.61 Å². The van der Waals surface area contributed by atoms with Crippen molar-refractivity contribution in [3.63, 3.8) is 0 Å². The van der Waals surface area contributed by atoms with Crippen LogP contribution in [0.1, 0.15) is 59.8 Å². The number of cyclic esters (lactones) is 1. The smallest absolute Gasteiger partial charge is 0.329 e. The van der Waals surface area contributed by atoms with E-state index in [-0.39, 0.29) is 41.8 Å². The average molecular weight is 339 g/mol. The minimum absolute atomic E-state index is 0.0651. The molecule has 6 nitrogen and oxygen atoms in total. The summed E-state index contributed by atoms with van der Waals surface area (Å²) in [6, 6.07) is -0.675. The van der Waals surface area contributed by atoms with Gasteiger partial charge in [0.15, 0.2) is 0 Å². The number of amides is 1. The van der Waals surface area contributed by atoms with Crippen molar-refractivity contribution in [2.24, 2.45) is 17.3 Å². The molecule has 2 unspecified atom stereocenters. The number of nitrogens with one attached hydrogen (secondary N) is 1. The van der Waals surface area contributed by atoms with Crippen LogP contribution >= 0.6 is 0 Å². The fraction of sp³-hybridized carbons (Fsp3) is 0.833. The molecule has 0 aromatic rings. The zero-order chi connectivity index (χ0) is 17.9. The van der Waals surface area contributed by atoms with Gasteiger partial charge >= 0.3 is 11.9 Å². The largest absolute Gasteiger partial charge is 0.460 e. The van der Waals surface area contributed by atoms with Crippen molar-refractivity contribution in [2.45, 2.75) is 71.9 Å². The summed E-state index contributed by atoms with van der Waals surface area (Å²) in [4.78, 5) is 36.1. The lowest BCUT2D eigenvalue weighted by Crippen LogP contribution is -2.46. The molecule has 0 aromatic carbocycles. The SMILES string of the molecule is CC(C)CC(=O)NC(C(=O)OCC1CC2(CCC2)C(=O)O1)C(C)C. The molecule has 1 aliphatic heterocycles. The fourth-order valence-electron chi connectivity index (χ4n) is 3.31. The van der Waals surface area contributed by atoms with Crippen LogP contribution in [0.3, 0.4) is 0 Å². The fourth-order valence-corrected chi connectivity index (χ4v) is 3.31. The number of ether oxygens (including phenoxy) is 2. The normalized spacial score (nSPS) is 23.1. The molecule has 1 spiro atoms. The Bertz CT molecular complexity index is 496. The summed E-state index contributed by atoms with van der Waals surface area (Å²) in [5, 5.41) is 2.75. The Labute approximate surface area is 143 Å². The molecular weight excluding hydrogens is 310 g/mol. The van der Waals surface area contributed by atoms with E-state index in [1.165, 1.54) is 0 Å². The highest BCUT2D eigenvalue weighted by molar-refractivity contribution is 5.85. The molecule has 2 fully saturated rings. The molecule has 1 saturated heterocycles. The van der Waals surface area contributed by atoms with Crippen molar-refractivity contribution >= 4 is 17.8 Å². The Morgan fingerprint density at radius 2 is 1.96 bits per heavy atom. The van der Waals surface area contributed by atoms with Gasteiger partial charge in [-0.25, -0.2) is 4.79 Å². The third-order valence-corrected chi connectivity index (χ3v) is 4.88. The van der Waals surface area contributed by atoms with Crippen LogP contribution in [0.4, 0.5) is 0 Å². The number of carbonyl (C=O) groups is 3. The number of hydrogen-bond donors (Lipinski definition) is 1. The number of rotatable bonds is 7. The molecule has 6 heteroatoms. The summed E-state index contributed by atoms with van der Waals surface area (Å²) in [7, 11) is 0. The van der Waals surface area contributed by atoms with Crippen molar-refractivity contribution in [3.8, 4) is 0 Å². The summed E-state index contributed by atoms with van der Waals surface area (Å²) in [6.07, 6.45) is 3.44. The molecule has 1 aliphatic carbocycles. The number of esters is 2. The molecule has 2 aliphatic rings. The molecule has 1 amide bonds. The van der Waals surface area contributed by atoms with Crippen molar-refractivity contribution in [3.05, 3.63) is 0 Å². The first-order valence-electron chi connectivity index (χ1n) is 8.90. The Morgan fingerprint density at radius 1 is 1.29 bits per heavy atom. The minimum Gasteiger partial charge on any atom is -0.460 e. The van der Waals surface area contributed by atoms with Gasteiger partial charge in [-0.05, 0) is 24.7 Å². The van der Waals surface area contributed by atoms with E-state index >= 15 is 0 Å². The van der Waals surface area contributed by atoms with Crippen LogP contribution in [0.2, 0.25) is 0 Å². The van der Waals surface area contributed by atoms with Gasteiger partial charge in [0, 0.05) is 12.8 Å². The van der Waals surface area contributed by atoms with Crippen molar-refractivity contribution in [1.82, 2.24) is 5.32 Å². The van der Waals surface area contributed by atoms with Crippen molar-refractivity contribution in [1.29, 1.82) is 0 Å². The van der Waals surface area contributed by atoms with Gasteiger partial charge in [0.25, 0.3) is 0 Å². The van der Waals surface area contributed by atoms with E-state index in [9.17, 15) is 14.4 Å². The van der Waals surface area contributed by atoms with Crippen LogP contribution in [0.15, 0.2) is 0 Å². The summed E-state index contributed by atoms with van der Waals surface area (Å²) < 4.78 is 10.7. The predicted octanol–water partition coefficient (Wildman–Crippen LogP) is 2.20. The topological polar surface area (TPSA) is 81.7 Å². The van der Waals surface area contributed by atoms with E-state index < -0.39 is 12.0 Å². The van der Waals surface area contributed by atoms with E-state index in [1.54, 1.807) is 0 Å². The maximum atomic E-state index is 12.3. The lowest BCUT2D eigenvalue weighted by molar-refractivity contribution is -0.159. The van der Waals surface area contributed by atoms with Gasteiger partial charge in [-0.3, -0.25) is 9.59 Å². The zero-order valence-electron chi connectivity index (χ0n) is 15.1.